The molecule has 6 heteroatoms. The van der Waals surface area contributed by atoms with Crippen molar-refractivity contribution in [1.29, 1.82) is 0 Å². The van der Waals surface area contributed by atoms with Gasteiger partial charge in [0, 0.05) is 34.1 Å². The molecular formula is C18H31O5P. The smallest absolute Gasteiger partial charge is 0.306 e. The largest absolute Gasteiger partial charge is 0.462 e. The van der Waals surface area contributed by atoms with Crippen molar-refractivity contribution in [3.05, 3.63) is 0 Å². The Morgan fingerprint density at radius 2 is 2.12 bits per heavy atom. The van der Waals surface area contributed by atoms with E-state index in [1.54, 1.807) is 0 Å². The molecule has 6 unspecified atom stereocenters. The van der Waals surface area contributed by atoms with Crippen LogP contribution in [-0.4, -0.2) is 37.2 Å². The van der Waals surface area contributed by atoms with Crippen molar-refractivity contribution in [2.24, 2.45) is 17.8 Å². The van der Waals surface area contributed by atoms with Gasteiger partial charge in [-0.3, -0.25) is 4.79 Å². The predicted molar refractivity (Wildman–Crippen MR) is 93.2 cm³/mol. The molecule has 0 N–H and O–H groups in total. The van der Waals surface area contributed by atoms with Gasteiger partial charge in [0.1, 0.15) is 6.10 Å². The van der Waals surface area contributed by atoms with Gasteiger partial charge in [0.05, 0.1) is 25.7 Å². The zero-order valence-electron chi connectivity index (χ0n) is 14.9. The minimum Gasteiger partial charge on any atom is -0.462 e. The molecule has 0 radical (unpaired) electrons. The van der Waals surface area contributed by atoms with Crippen LogP contribution in [0.5, 0.6) is 0 Å². The third kappa shape index (κ3) is 3.65. The Labute approximate surface area is 147 Å². The molecule has 1 saturated carbocycles. The van der Waals surface area contributed by atoms with Gasteiger partial charge in [0.2, 0.25) is 0 Å². The highest BCUT2D eigenvalue weighted by Crippen LogP contribution is 2.47. The van der Waals surface area contributed by atoms with Crippen LogP contribution in [0.3, 0.4) is 0 Å². The van der Waals surface area contributed by atoms with E-state index in [0.717, 1.165) is 25.7 Å². The fourth-order valence-corrected chi connectivity index (χ4v) is 5.07. The van der Waals surface area contributed by atoms with E-state index in [1.165, 1.54) is 12.8 Å². The van der Waals surface area contributed by atoms with Gasteiger partial charge in [0.15, 0.2) is 5.79 Å². The molecule has 0 aromatic carbocycles. The van der Waals surface area contributed by atoms with E-state index in [4.69, 9.17) is 18.7 Å². The molecule has 0 bridgehead atoms. The second kappa shape index (κ2) is 7.99. The lowest BCUT2D eigenvalue weighted by Gasteiger charge is -2.35. The topological polar surface area (TPSA) is 54.0 Å². The van der Waals surface area contributed by atoms with E-state index in [2.05, 4.69) is 23.3 Å². The van der Waals surface area contributed by atoms with E-state index < -0.39 is 5.79 Å². The van der Waals surface area contributed by atoms with Crippen LogP contribution in [0.1, 0.15) is 58.8 Å². The van der Waals surface area contributed by atoms with Crippen LogP contribution in [0.2, 0.25) is 0 Å². The summed E-state index contributed by atoms with van der Waals surface area (Å²) in [7, 11) is 2.39. The minimum atomic E-state index is -0.456. The van der Waals surface area contributed by atoms with Gasteiger partial charge in [-0.15, -0.1) is 0 Å². The molecule has 0 aromatic heterocycles. The zero-order valence-corrected chi connectivity index (χ0v) is 16.0. The molecule has 2 aliphatic heterocycles. The third-order valence-corrected chi connectivity index (χ3v) is 6.52. The summed E-state index contributed by atoms with van der Waals surface area (Å²) in [6, 6.07) is 0. The number of carbonyl (C=O) groups excluding carboxylic acids is 1. The summed E-state index contributed by atoms with van der Waals surface area (Å²) in [6.07, 6.45) is 6.84. The van der Waals surface area contributed by atoms with Crippen LogP contribution >= 0.6 is 9.47 Å². The molecule has 2 saturated heterocycles. The summed E-state index contributed by atoms with van der Waals surface area (Å²) in [5.74, 6) is 0.488. The molecule has 0 aromatic rings. The van der Waals surface area contributed by atoms with Crippen LogP contribution < -0.4 is 0 Å². The molecule has 3 fully saturated rings. The van der Waals surface area contributed by atoms with Crippen molar-refractivity contribution in [1.82, 2.24) is 0 Å². The average molecular weight is 358 g/mol. The number of fused-ring (bicyclic) bond motifs is 1. The second-order valence-electron chi connectivity index (χ2n) is 7.56. The van der Waals surface area contributed by atoms with Gasteiger partial charge < -0.3 is 18.7 Å². The highest BCUT2D eigenvalue weighted by Gasteiger charge is 2.51. The monoisotopic (exact) mass is 358 g/mol. The van der Waals surface area contributed by atoms with Crippen molar-refractivity contribution in [2.45, 2.75) is 76.8 Å². The van der Waals surface area contributed by atoms with E-state index in [0.29, 0.717) is 31.5 Å². The summed E-state index contributed by atoms with van der Waals surface area (Å²) < 4.78 is 23.3. The average Bonchev–Trinajstić information content (AvgIpc) is 3.25. The van der Waals surface area contributed by atoms with Gasteiger partial charge in [-0.1, -0.05) is 26.7 Å². The molecule has 0 amide bonds. The number of hydrogen-bond donors (Lipinski definition) is 0. The van der Waals surface area contributed by atoms with Crippen LogP contribution in [0.15, 0.2) is 0 Å². The SMILES string of the molecule is CCCCC(C)C1(CCC2C(OP)CC3OC(=O)CC32)OCCO1. The lowest BCUT2D eigenvalue weighted by molar-refractivity contribution is -0.201. The molecule has 5 nitrogen and oxygen atoms in total. The highest BCUT2D eigenvalue weighted by molar-refractivity contribution is 7.09. The zero-order chi connectivity index (χ0) is 17.2. The Kier molecular flexibility index (Phi) is 6.18. The first kappa shape index (κ1) is 18.6. The molecule has 6 atom stereocenters. The molecule has 0 spiro atoms. The number of carbonyl (C=O) groups is 1. The van der Waals surface area contributed by atoms with Crippen LogP contribution in [0.25, 0.3) is 0 Å². The fourth-order valence-electron chi connectivity index (χ4n) is 4.76. The van der Waals surface area contributed by atoms with E-state index in [1.807, 2.05) is 0 Å². The summed E-state index contributed by atoms with van der Waals surface area (Å²) in [5, 5.41) is 0. The van der Waals surface area contributed by atoms with Gasteiger partial charge >= 0.3 is 5.97 Å². The summed E-state index contributed by atoms with van der Waals surface area (Å²) in [5.41, 5.74) is 0. The standard InChI is InChI=1S/C18H31O5P/c1-3-4-5-12(2)18(20-8-9-21-18)7-6-13-14-10-17(19)22-15(14)11-16(13)23-24/h12-16H,3-11,24H2,1-2H3. The van der Waals surface area contributed by atoms with Crippen molar-refractivity contribution in [2.75, 3.05) is 13.2 Å². The first-order valence-electron chi connectivity index (χ1n) is 9.42. The van der Waals surface area contributed by atoms with Gasteiger partial charge in [-0.2, -0.15) is 0 Å². The van der Waals surface area contributed by atoms with Crippen LogP contribution in [0, 0.1) is 17.8 Å². The van der Waals surface area contributed by atoms with E-state index in [9.17, 15) is 4.79 Å². The first-order valence-corrected chi connectivity index (χ1v) is 9.89. The lowest BCUT2D eigenvalue weighted by Crippen LogP contribution is -2.39. The molecule has 3 aliphatic rings. The molecule has 24 heavy (non-hydrogen) atoms. The fraction of sp³-hybridized carbons (Fsp3) is 0.944. The molecular weight excluding hydrogens is 327 g/mol. The van der Waals surface area contributed by atoms with Gasteiger partial charge in [-0.05, 0) is 18.8 Å². The van der Waals surface area contributed by atoms with Gasteiger partial charge in [0.25, 0.3) is 0 Å². The lowest BCUT2D eigenvalue weighted by atomic mass is 9.83. The van der Waals surface area contributed by atoms with E-state index >= 15 is 0 Å². The number of hydrogen-bond acceptors (Lipinski definition) is 5. The Bertz CT molecular complexity index is 437. The van der Waals surface area contributed by atoms with Crippen molar-refractivity contribution < 1.29 is 23.5 Å². The summed E-state index contributed by atoms with van der Waals surface area (Å²) in [6.45, 7) is 5.81. The first-order chi connectivity index (χ1) is 11.6. The third-order valence-electron chi connectivity index (χ3n) is 6.17. The maximum atomic E-state index is 11.6. The normalized spacial score (nSPS) is 35.9. The van der Waals surface area contributed by atoms with Crippen molar-refractivity contribution in [3.8, 4) is 0 Å². The number of esters is 1. The van der Waals surface area contributed by atoms with Gasteiger partial charge in [-0.25, -0.2) is 0 Å². The van der Waals surface area contributed by atoms with E-state index in [-0.39, 0.29) is 24.1 Å². The van der Waals surface area contributed by atoms with Crippen molar-refractivity contribution in [3.63, 3.8) is 0 Å². The number of unbranched alkanes of at least 4 members (excludes halogenated alkanes) is 1. The summed E-state index contributed by atoms with van der Waals surface area (Å²) >= 11 is 0. The quantitative estimate of drug-likeness (QED) is 0.491. The Balaban J connectivity index is 1.64. The molecule has 1 aliphatic carbocycles. The Morgan fingerprint density at radius 3 is 2.79 bits per heavy atom. The Morgan fingerprint density at radius 1 is 1.38 bits per heavy atom. The number of rotatable bonds is 8. The molecule has 2 heterocycles. The maximum absolute atomic E-state index is 11.6. The highest BCUT2D eigenvalue weighted by atomic mass is 31.0. The van der Waals surface area contributed by atoms with Crippen LogP contribution in [-0.2, 0) is 23.5 Å². The summed E-state index contributed by atoms with van der Waals surface area (Å²) in [4.78, 5) is 11.6. The maximum Gasteiger partial charge on any atom is 0.306 e. The Hall–Kier alpha value is -0.220. The number of ether oxygens (including phenoxy) is 3. The van der Waals surface area contributed by atoms with Crippen molar-refractivity contribution >= 4 is 15.4 Å². The predicted octanol–water partition coefficient (Wildman–Crippen LogP) is 3.46. The second-order valence-corrected chi connectivity index (χ2v) is 7.83. The molecule has 138 valence electrons. The van der Waals surface area contributed by atoms with Crippen LogP contribution in [0.4, 0.5) is 0 Å². The minimum absolute atomic E-state index is 0.0342. The molecule has 3 rings (SSSR count).